The van der Waals surface area contributed by atoms with E-state index in [4.69, 9.17) is 4.52 Å². The van der Waals surface area contributed by atoms with E-state index < -0.39 is 11.5 Å². The van der Waals surface area contributed by atoms with Crippen molar-refractivity contribution in [3.8, 4) is 11.4 Å². The number of benzene rings is 1. The van der Waals surface area contributed by atoms with Crippen LogP contribution >= 0.6 is 11.3 Å². The smallest absolute Gasteiger partial charge is 0.332 e. The highest BCUT2D eigenvalue weighted by molar-refractivity contribution is 7.22. The minimum absolute atomic E-state index is 0.0467. The summed E-state index contributed by atoms with van der Waals surface area (Å²) in [5.74, 6) is -0.0339. The van der Waals surface area contributed by atoms with Crippen molar-refractivity contribution in [1.29, 1.82) is 0 Å². The van der Waals surface area contributed by atoms with Crippen LogP contribution in [0.4, 0.5) is 9.52 Å². The molecule has 0 atom stereocenters. The van der Waals surface area contributed by atoms with Crippen LogP contribution in [0.25, 0.3) is 21.7 Å². The highest BCUT2D eigenvalue weighted by Crippen LogP contribution is 2.28. The molecule has 0 spiro atoms. The van der Waals surface area contributed by atoms with E-state index in [1.165, 1.54) is 35.1 Å². The first-order valence-corrected chi connectivity index (χ1v) is 10.3. The zero-order valence-electron chi connectivity index (χ0n) is 16.0. The lowest BCUT2D eigenvalue weighted by molar-refractivity contribution is 0.369. The first-order valence-electron chi connectivity index (χ1n) is 9.45. The molecule has 4 aromatic rings. The zero-order chi connectivity index (χ0) is 20.8. The number of aromatic nitrogens is 5. The van der Waals surface area contributed by atoms with E-state index in [0.29, 0.717) is 15.9 Å². The fraction of sp³-hybridized carbons (Fsp3) is 0.316. The minimum atomic E-state index is -0.517. The summed E-state index contributed by atoms with van der Waals surface area (Å²) >= 11 is 1.29. The third kappa shape index (κ3) is 3.11. The van der Waals surface area contributed by atoms with Crippen molar-refractivity contribution in [1.82, 2.24) is 24.3 Å². The normalized spacial score (nSPS) is 14.1. The largest absolute Gasteiger partial charge is 0.348 e. The van der Waals surface area contributed by atoms with Gasteiger partial charge in [0.15, 0.2) is 10.8 Å². The molecule has 1 aromatic carbocycles. The van der Waals surface area contributed by atoms with E-state index in [1.54, 1.807) is 12.1 Å². The summed E-state index contributed by atoms with van der Waals surface area (Å²) in [6.07, 6.45) is 2.15. The Hall–Kier alpha value is -3.34. The molecule has 0 bridgehead atoms. The van der Waals surface area contributed by atoms with E-state index in [-0.39, 0.29) is 23.8 Å². The summed E-state index contributed by atoms with van der Waals surface area (Å²) < 4.78 is 21.6. The van der Waals surface area contributed by atoms with Crippen molar-refractivity contribution < 1.29 is 8.91 Å². The molecular formula is C19H17FN6O3S. The zero-order valence-corrected chi connectivity index (χ0v) is 16.9. The first kappa shape index (κ1) is 18.7. The van der Waals surface area contributed by atoms with E-state index >= 15 is 0 Å². The van der Waals surface area contributed by atoms with Crippen molar-refractivity contribution in [3.05, 3.63) is 56.8 Å². The molecular weight excluding hydrogens is 411 g/mol. The highest BCUT2D eigenvalue weighted by atomic mass is 32.1. The molecule has 4 heterocycles. The molecule has 1 fully saturated rings. The number of rotatable bonds is 4. The van der Waals surface area contributed by atoms with Gasteiger partial charge in [-0.3, -0.25) is 13.9 Å². The summed E-state index contributed by atoms with van der Waals surface area (Å²) in [6, 6.07) is 5.84. The Bertz CT molecular complexity index is 1360. The van der Waals surface area contributed by atoms with E-state index in [9.17, 15) is 14.0 Å². The summed E-state index contributed by atoms with van der Waals surface area (Å²) in [5, 5.41) is 4.61. The van der Waals surface area contributed by atoms with E-state index in [1.807, 2.05) is 0 Å². The molecule has 30 heavy (non-hydrogen) atoms. The molecule has 0 aliphatic carbocycles. The maximum Gasteiger partial charge on any atom is 0.332 e. The Balaban J connectivity index is 1.57. The van der Waals surface area contributed by atoms with Crippen molar-refractivity contribution in [2.45, 2.75) is 19.4 Å². The van der Waals surface area contributed by atoms with Crippen LogP contribution in [0.15, 0.2) is 38.4 Å². The quantitative estimate of drug-likeness (QED) is 0.490. The Morgan fingerprint density at radius 1 is 1.20 bits per heavy atom. The minimum Gasteiger partial charge on any atom is -0.348 e. The number of nitrogens with zero attached hydrogens (tertiary/aromatic N) is 6. The second kappa shape index (κ2) is 7.17. The first-order chi connectivity index (χ1) is 14.5. The Morgan fingerprint density at radius 2 is 2.00 bits per heavy atom. The second-order valence-electron chi connectivity index (χ2n) is 7.10. The van der Waals surface area contributed by atoms with Gasteiger partial charge in [0.1, 0.15) is 17.1 Å². The molecule has 0 N–H and O–H groups in total. The van der Waals surface area contributed by atoms with E-state index in [2.05, 4.69) is 20.0 Å². The number of hydrogen-bond donors (Lipinski definition) is 0. The number of halogens is 1. The maximum atomic E-state index is 13.5. The van der Waals surface area contributed by atoms with Gasteiger partial charge in [0.25, 0.3) is 5.56 Å². The Labute approximate surface area is 173 Å². The molecule has 11 heteroatoms. The van der Waals surface area contributed by atoms with Gasteiger partial charge >= 0.3 is 5.69 Å². The van der Waals surface area contributed by atoms with Crippen molar-refractivity contribution in [2.75, 3.05) is 18.0 Å². The van der Waals surface area contributed by atoms with Crippen LogP contribution in [0.3, 0.4) is 0 Å². The number of hydrogen-bond acceptors (Lipinski definition) is 8. The third-order valence-electron chi connectivity index (χ3n) is 5.09. The molecule has 9 nitrogen and oxygen atoms in total. The van der Waals surface area contributed by atoms with Crippen LogP contribution in [-0.2, 0) is 13.6 Å². The molecule has 0 saturated carbocycles. The molecule has 1 aliphatic heterocycles. The SMILES string of the molecule is Cn1c(=O)c2sc(N3CCCC3)nc2n(Cc2nc(-c3cccc(F)c3)no2)c1=O. The fourth-order valence-electron chi connectivity index (χ4n) is 3.52. The van der Waals surface area contributed by atoms with Gasteiger partial charge in [-0.15, -0.1) is 0 Å². The van der Waals surface area contributed by atoms with Crippen LogP contribution in [0, 0.1) is 5.82 Å². The average Bonchev–Trinajstić information content (AvgIpc) is 3.49. The van der Waals surface area contributed by atoms with Crippen molar-refractivity contribution >= 4 is 26.8 Å². The number of anilines is 1. The summed E-state index contributed by atoms with van der Waals surface area (Å²) in [7, 11) is 1.43. The van der Waals surface area contributed by atoms with Gasteiger partial charge in [-0.1, -0.05) is 28.6 Å². The predicted octanol–water partition coefficient (Wildman–Crippen LogP) is 1.99. The molecule has 1 aliphatic rings. The predicted molar refractivity (Wildman–Crippen MR) is 109 cm³/mol. The topological polar surface area (TPSA) is 99.1 Å². The van der Waals surface area contributed by atoms with E-state index in [0.717, 1.165) is 35.6 Å². The van der Waals surface area contributed by atoms with Gasteiger partial charge in [-0.2, -0.15) is 4.98 Å². The van der Waals surface area contributed by atoms with Crippen LogP contribution in [-0.4, -0.2) is 37.3 Å². The van der Waals surface area contributed by atoms with Gasteiger partial charge in [-0.25, -0.2) is 14.2 Å². The summed E-state index contributed by atoms with van der Waals surface area (Å²) in [5.41, 5.74) is -0.120. The lowest BCUT2D eigenvalue weighted by atomic mass is 10.2. The molecule has 5 rings (SSSR count). The van der Waals surface area contributed by atoms with Crippen LogP contribution in [0.1, 0.15) is 18.7 Å². The van der Waals surface area contributed by atoms with Gasteiger partial charge in [0, 0.05) is 25.7 Å². The van der Waals surface area contributed by atoms with Crippen LogP contribution in [0.2, 0.25) is 0 Å². The van der Waals surface area contributed by atoms with Gasteiger partial charge in [0.05, 0.1) is 0 Å². The monoisotopic (exact) mass is 428 g/mol. The molecule has 154 valence electrons. The van der Waals surface area contributed by atoms with Crippen LogP contribution in [0.5, 0.6) is 0 Å². The lowest BCUT2D eigenvalue weighted by Gasteiger charge is -2.11. The summed E-state index contributed by atoms with van der Waals surface area (Å²) in [4.78, 5) is 36.4. The third-order valence-corrected chi connectivity index (χ3v) is 6.18. The second-order valence-corrected chi connectivity index (χ2v) is 8.08. The number of thiazole rings is 1. The molecule has 0 unspecified atom stereocenters. The lowest BCUT2D eigenvalue weighted by Crippen LogP contribution is -2.38. The Kier molecular flexibility index (Phi) is 4.46. The molecule has 1 saturated heterocycles. The number of fused-ring (bicyclic) bond motifs is 1. The highest BCUT2D eigenvalue weighted by Gasteiger charge is 2.22. The van der Waals surface area contributed by atoms with Gasteiger partial charge in [-0.05, 0) is 25.0 Å². The molecule has 0 amide bonds. The standard InChI is InChI=1S/C19H17FN6O3S/c1-24-17(27)14-16(22-18(30-14)25-7-2-3-8-25)26(19(24)28)10-13-21-15(23-29-13)11-5-4-6-12(20)9-11/h4-6,9H,2-3,7-8,10H2,1H3. The van der Waals surface area contributed by atoms with Gasteiger partial charge in [0.2, 0.25) is 11.7 Å². The molecule has 0 radical (unpaired) electrons. The molecule has 3 aromatic heterocycles. The Morgan fingerprint density at radius 3 is 2.77 bits per heavy atom. The fourth-order valence-corrected chi connectivity index (χ4v) is 4.62. The summed E-state index contributed by atoms with van der Waals surface area (Å²) in [6.45, 7) is 1.71. The average molecular weight is 428 g/mol. The van der Waals surface area contributed by atoms with Crippen molar-refractivity contribution in [3.63, 3.8) is 0 Å². The van der Waals surface area contributed by atoms with Gasteiger partial charge < -0.3 is 9.42 Å². The maximum absolute atomic E-state index is 13.5. The van der Waals surface area contributed by atoms with Crippen molar-refractivity contribution in [2.24, 2.45) is 7.05 Å². The van der Waals surface area contributed by atoms with Crippen LogP contribution < -0.4 is 16.1 Å².